The summed E-state index contributed by atoms with van der Waals surface area (Å²) in [4.78, 5) is 4.29. The van der Waals surface area contributed by atoms with Gasteiger partial charge in [-0.25, -0.2) is 0 Å². The van der Waals surface area contributed by atoms with Gasteiger partial charge in [0.05, 0.1) is 19.2 Å². The third-order valence-electron chi connectivity index (χ3n) is 3.35. The summed E-state index contributed by atoms with van der Waals surface area (Å²) in [5, 5.41) is 4.14. The van der Waals surface area contributed by atoms with Crippen molar-refractivity contribution >= 4 is 34.8 Å². The third kappa shape index (κ3) is 4.94. The molecule has 0 aliphatic heterocycles. The van der Waals surface area contributed by atoms with Gasteiger partial charge in [-0.05, 0) is 42.3 Å². The van der Waals surface area contributed by atoms with Gasteiger partial charge in [0.25, 0.3) is 0 Å². The molecule has 0 bridgehead atoms. The van der Waals surface area contributed by atoms with E-state index in [4.69, 9.17) is 38.4 Å². The fourth-order valence-electron chi connectivity index (χ4n) is 2.09. The zero-order chi connectivity index (χ0) is 17.5. The minimum absolute atomic E-state index is 0.306. The van der Waals surface area contributed by atoms with E-state index in [0.29, 0.717) is 34.7 Å². The van der Waals surface area contributed by atoms with Gasteiger partial charge in [-0.15, -0.1) is 0 Å². The number of halogens is 2. The molecule has 3 N–H and O–H groups in total. The number of hydrogen-bond donors (Lipinski definition) is 2. The summed E-state index contributed by atoms with van der Waals surface area (Å²) in [7, 11) is 3.17. The predicted octanol–water partition coefficient (Wildman–Crippen LogP) is 3.98. The van der Waals surface area contributed by atoms with Crippen LogP contribution in [0.15, 0.2) is 41.4 Å². The largest absolute Gasteiger partial charge is 0.497 e. The molecule has 7 heteroatoms. The molecule has 0 spiro atoms. The number of aliphatic imine (C=N–C) groups is 1. The van der Waals surface area contributed by atoms with E-state index in [2.05, 4.69) is 10.3 Å². The monoisotopic (exact) mass is 367 g/mol. The molecule has 0 aromatic heterocycles. The first-order valence-corrected chi connectivity index (χ1v) is 8.02. The highest BCUT2D eigenvalue weighted by molar-refractivity contribution is 6.32. The van der Waals surface area contributed by atoms with Crippen LogP contribution in [0, 0.1) is 0 Å². The van der Waals surface area contributed by atoms with E-state index in [1.807, 2.05) is 18.2 Å². The van der Waals surface area contributed by atoms with Gasteiger partial charge in [0.15, 0.2) is 5.96 Å². The summed E-state index contributed by atoms with van der Waals surface area (Å²) in [6.45, 7) is 0.509. The van der Waals surface area contributed by atoms with Gasteiger partial charge >= 0.3 is 0 Å². The number of rotatable bonds is 6. The maximum absolute atomic E-state index is 6.20. The molecule has 0 saturated heterocycles. The molecule has 0 unspecified atom stereocenters. The van der Waals surface area contributed by atoms with Crippen molar-refractivity contribution in [3.63, 3.8) is 0 Å². The summed E-state index contributed by atoms with van der Waals surface area (Å²) in [5.41, 5.74) is 7.61. The molecule has 2 aromatic rings. The fraction of sp³-hybridized carbons (Fsp3) is 0.235. The minimum Gasteiger partial charge on any atom is -0.497 e. The van der Waals surface area contributed by atoms with Crippen molar-refractivity contribution in [3.8, 4) is 11.5 Å². The smallest absolute Gasteiger partial charge is 0.193 e. The van der Waals surface area contributed by atoms with E-state index < -0.39 is 0 Å². The van der Waals surface area contributed by atoms with Crippen molar-refractivity contribution in [1.82, 2.24) is 0 Å². The van der Waals surface area contributed by atoms with Crippen LogP contribution in [0.25, 0.3) is 0 Å². The van der Waals surface area contributed by atoms with E-state index >= 15 is 0 Å². The van der Waals surface area contributed by atoms with Crippen molar-refractivity contribution in [1.29, 1.82) is 0 Å². The van der Waals surface area contributed by atoms with Gasteiger partial charge in [-0.2, -0.15) is 0 Å². The zero-order valence-corrected chi connectivity index (χ0v) is 15.0. The second-order valence-corrected chi connectivity index (χ2v) is 5.76. The molecule has 0 aliphatic carbocycles. The van der Waals surface area contributed by atoms with E-state index in [1.165, 1.54) is 0 Å². The number of ether oxygens (including phenoxy) is 2. The van der Waals surface area contributed by atoms with E-state index in [9.17, 15) is 0 Å². The molecule has 128 valence electrons. The molecule has 2 rings (SSSR count). The van der Waals surface area contributed by atoms with Gasteiger partial charge in [0.2, 0.25) is 0 Å². The Hall–Kier alpha value is -2.11. The molecule has 0 heterocycles. The van der Waals surface area contributed by atoms with Gasteiger partial charge in [-0.3, -0.25) is 4.99 Å². The topological polar surface area (TPSA) is 68.9 Å². The molecule has 2 aromatic carbocycles. The SMILES string of the molecule is COc1ccc(CCN=C(N)Nc2ccc(OC)c(Cl)c2)c(Cl)c1. The van der Waals surface area contributed by atoms with Gasteiger partial charge in [0, 0.05) is 17.3 Å². The van der Waals surface area contributed by atoms with Gasteiger partial charge in [-0.1, -0.05) is 29.3 Å². The van der Waals surface area contributed by atoms with Crippen LogP contribution >= 0.6 is 23.2 Å². The molecule has 5 nitrogen and oxygen atoms in total. The molecule has 24 heavy (non-hydrogen) atoms. The van der Waals surface area contributed by atoms with Crippen LogP contribution in [0.3, 0.4) is 0 Å². The standard InChI is InChI=1S/C17H19Cl2N3O2/c1-23-13-5-3-11(14(18)10-13)7-8-21-17(20)22-12-4-6-16(24-2)15(19)9-12/h3-6,9-10H,7-8H2,1-2H3,(H3,20,21,22). The van der Waals surface area contributed by atoms with Crippen molar-refractivity contribution < 1.29 is 9.47 Å². The summed E-state index contributed by atoms with van der Waals surface area (Å²) in [5.74, 6) is 1.64. The lowest BCUT2D eigenvalue weighted by Gasteiger charge is -2.09. The molecule has 0 fully saturated rings. The van der Waals surface area contributed by atoms with Crippen LogP contribution in [0.5, 0.6) is 11.5 Å². The van der Waals surface area contributed by atoms with E-state index in [1.54, 1.807) is 32.4 Å². The lowest BCUT2D eigenvalue weighted by Crippen LogP contribution is -2.23. The lowest BCUT2D eigenvalue weighted by atomic mass is 10.1. The zero-order valence-electron chi connectivity index (χ0n) is 13.5. The Morgan fingerprint density at radius 1 is 1.08 bits per heavy atom. The Bertz CT molecular complexity index is 736. The van der Waals surface area contributed by atoms with Crippen LogP contribution in [0.4, 0.5) is 5.69 Å². The molecule has 0 atom stereocenters. The second kappa shape index (κ2) is 8.66. The first kappa shape index (κ1) is 18.2. The highest BCUT2D eigenvalue weighted by Crippen LogP contribution is 2.27. The first-order valence-electron chi connectivity index (χ1n) is 7.26. The van der Waals surface area contributed by atoms with Crippen molar-refractivity contribution in [2.45, 2.75) is 6.42 Å². The second-order valence-electron chi connectivity index (χ2n) is 4.95. The molecule has 0 aliphatic rings. The molecular weight excluding hydrogens is 349 g/mol. The van der Waals surface area contributed by atoms with Crippen LogP contribution in [0.1, 0.15) is 5.56 Å². The number of guanidine groups is 1. The number of methoxy groups -OCH3 is 2. The molecule has 0 amide bonds. The van der Waals surface area contributed by atoms with Crippen molar-refractivity contribution in [2.24, 2.45) is 10.7 Å². The van der Waals surface area contributed by atoms with Crippen LogP contribution in [-0.4, -0.2) is 26.7 Å². The number of nitrogens with zero attached hydrogens (tertiary/aromatic N) is 1. The Morgan fingerprint density at radius 3 is 2.50 bits per heavy atom. The maximum atomic E-state index is 6.20. The Morgan fingerprint density at radius 2 is 1.88 bits per heavy atom. The van der Waals surface area contributed by atoms with Crippen LogP contribution in [-0.2, 0) is 6.42 Å². The summed E-state index contributed by atoms with van der Waals surface area (Å²) < 4.78 is 10.2. The average molecular weight is 368 g/mol. The maximum Gasteiger partial charge on any atom is 0.193 e. The average Bonchev–Trinajstić information content (AvgIpc) is 2.56. The highest BCUT2D eigenvalue weighted by atomic mass is 35.5. The minimum atomic E-state index is 0.306. The van der Waals surface area contributed by atoms with Crippen LogP contribution in [0.2, 0.25) is 10.0 Å². The number of benzene rings is 2. The number of nitrogens with one attached hydrogen (secondary N) is 1. The van der Waals surface area contributed by atoms with Gasteiger partial charge in [0.1, 0.15) is 11.5 Å². The Labute approximate surface area is 151 Å². The Kier molecular flexibility index (Phi) is 6.58. The lowest BCUT2D eigenvalue weighted by molar-refractivity contribution is 0.414. The summed E-state index contributed by atoms with van der Waals surface area (Å²) >= 11 is 12.3. The van der Waals surface area contributed by atoms with Gasteiger partial charge < -0.3 is 20.5 Å². The Balaban J connectivity index is 1.93. The summed E-state index contributed by atoms with van der Waals surface area (Å²) in [6.07, 6.45) is 0.675. The predicted molar refractivity (Wildman–Crippen MR) is 99.8 cm³/mol. The van der Waals surface area contributed by atoms with Crippen molar-refractivity contribution in [3.05, 3.63) is 52.0 Å². The van der Waals surface area contributed by atoms with Crippen LogP contribution < -0.4 is 20.5 Å². The number of nitrogens with two attached hydrogens (primary N) is 1. The number of hydrogen-bond acceptors (Lipinski definition) is 3. The normalized spacial score (nSPS) is 11.2. The van der Waals surface area contributed by atoms with E-state index in [0.717, 1.165) is 17.0 Å². The molecular formula is C17H19Cl2N3O2. The number of anilines is 1. The molecule has 0 saturated carbocycles. The van der Waals surface area contributed by atoms with Crippen molar-refractivity contribution in [2.75, 3.05) is 26.1 Å². The summed E-state index contributed by atoms with van der Waals surface area (Å²) in [6, 6.07) is 10.9. The third-order valence-corrected chi connectivity index (χ3v) is 3.99. The fourth-order valence-corrected chi connectivity index (χ4v) is 2.61. The van der Waals surface area contributed by atoms with E-state index in [-0.39, 0.29) is 0 Å². The quantitative estimate of drug-likeness (QED) is 0.598. The highest BCUT2D eigenvalue weighted by Gasteiger charge is 2.04. The molecule has 0 radical (unpaired) electrons. The first-order chi connectivity index (χ1) is 11.5.